The van der Waals surface area contributed by atoms with Crippen molar-refractivity contribution in [2.75, 3.05) is 32.6 Å². The summed E-state index contributed by atoms with van der Waals surface area (Å²) in [4.78, 5) is 16.5. The zero-order chi connectivity index (χ0) is 21.2. The van der Waals surface area contributed by atoms with Crippen LogP contribution in [0.2, 0.25) is 0 Å². The second-order valence-corrected chi connectivity index (χ2v) is 7.58. The zero-order valence-corrected chi connectivity index (χ0v) is 18.0. The lowest BCUT2D eigenvalue weighted by Gasteiger charge is -2.17. The lowest BCUT2D eigenvalue weighted by atomic mass is 10.2. The average Bonchev–Trinajstić information content (AvgIpc) is 3.06. The maximum Gasteiger partial charge on any atom is 0.232 e. The van der Waals surface area contributed by atoms with Crippen molar-refractivity contribution in [1.82, 2.24) is 10.3 Å². The van der Waals surface area contributed by atoms with Crippen molar-refractivity contribution >= 4 is 16.7 Å². The highest BCUT2D eigenvalue weighted by Gasteiger charge is 2.17. The van der Waals surface area contributed by atoms with E-state index < -0.39 is 17.1 Å². The van der Waals surface area contributed by atoms with E-state index in [2.05, 4.69) is 10.3 Å². The third kappa shape index (κ3) is 7.26. The van der Waals surface area contributed by atoms with Crippen LogP contribution in [-0.4, -0.2) is 54.0 Å². The molecule has 0 fully saturated rings. The number of hydrogen-bond donors (Lipinski definition) is 1. The molecule has 8 nitrogen and oxygen atoms in total. The molecular formula is C20H28N2O6S. The van der Waals surface area contributed by atoms with Gasteiger partial charge < -0.3 is 23.9 Å². The van der Waals surface area contributed by atoms with E-state index >= 15 is 0 Å². The molecule has 1 heterocycles. The van der Waals surface area contributed by atoms with Crippen LogP contribution >= 0.6 is 0 Å². The highest BCUT2D eigenvalue weighted by Crippen LogP contribution is 2.24. The molecule has 0 bridgehead atoms. The van der Waals surface area contributed by atoms with Crippen molar-refractivity contribution in [2.24, 2.45) is 0 Å². The van der Waals surface area contributed by atoms with Gasteiger partial charge in [0.25, 0.3) is 0 Å². The Bertz CT molecular complexity index is 800. The number of nitrogens with zero attached hydrogens (tertiary/aromatic N) is 1. The molecule has 0 aliphatic heterocycles. The van der Waals surface area contributed by atoms with Gasteiger partial charge in [-0.1, -0.05) is 0 Å². The second-order valence-electron chi connectivity index (χ2n) is 6.12. The molecule has 29 heavy (non-hydrogen) atoms. The van der Waals surface area contributed by atoms with Crippen LogP contribution in [0.25, 0.3) is 11.5 Å². The van der Waals surface area contributed by atoms with Gasteiger partial charge >= 0.3 is 0 Å². The summed E-state index contributed by atoms with van der Waals surface area (Å²) in [5.41, 5.74) is 1.37. The second kappa shape index (κ2) is 11.7. The van der Waals surface area contributed by atoms with Crippen LogP contribution < -0.4 is 10.1 Å². The molecule has 0 spiro atoms. The Morgan fingerprint density at radius 2 is 1.86 bits per heavy atom. The Morgan fingerprint density at radius 3 is 2.45 bits per heavy atom. The van der Waals surface area contributed by atoms with Gasteiger partial charge in [0.1, 0.15) is 17.3 Å². The van der Waals surface area contributed by atoms with Crippen LogP contribution in [0.5, 0.6) is 5.75 Å². The van der Waals surface area contributed by atoms with E-state index in [0.717, 1.165) is 11.3 Å². The quantitative estimate of drug-likeness (QED) is 0.522. The van der Waals surface area contributed by atoms with Crippen LogP contribution in [0.4, 0.5) is 0 Å². The Morgan fingerprint density at radius 1 is 1.21 bits per heavy atom. The lowest BCUT2D eigenvalue weighted by Crippen LogP contribution is -2.37. The van der Waals surface area contributed by atoms with Crippen molar-refractivity contribution in [1.29, 1.82) is 0 Å². The molecule has 0 aliphatic rings. The summed E-state index contributed by atoms with van der Waals surface area (Å²) in [5.74, 6) is 1.44. The summed E-state index contributed by atoms with van der Waals surface area (Å²) in [5, 5.41) is 2.69. The van der Waals surface area contributed by atoms with E-state index in [9.17, 15) is 9.00 Å². The number of ether oxygens (including phenoxy) is 3. The Kier molecular flexibility index (Phi) is 9.30. The first-order valence-electron chi connectivity index (χ1n) is 9.42. The summed E-state index contributed by atoms with van der Waals surface area (Å²) in [6.07, 6.45) is -0.507. The molecular weight excluding hydrogens is 396 g/mol. The molecule has 2 rings (SSSR count). The van der Waals surface area contributed by atoms with Crippen LogP contribution in [0, 0.1) is 6.92 Å². The van der Waals surface area contributed by atoms with Gasteiger partial charge in [0, 0.05) is 29.6 Å². The minimum atomic E-state index is -1.42. The summed E-state index contributed by atoms with van der Waals surface area (Å²) >= 11 is 0. The Labute approximate surface area is 173 Å². The van der Waals surface area contributed by atoms with Crippen LogP contribution in [0.3, 0.4) is 0 Å². The minimum absolute atomic E-state index is 0.130. The first kappa shape index (κ1) is 23.1. The largest absolute Gasteiger partial charge is 0.497 e. The number of hydrogen-bond acceptors (Lipinski definition) is 7. The molecule has 1 aromatic heterocycles. The van der Waals surface area contributed by atoms with Gasteiger partial charge in [0.05, 0.1) is 25.1 Å². The van der Waals surface area contributed by atoms with E-state index in [1.807, 2.05) is 38.1 Å². The smallest absolute Gasteiger partial charge is 0.232 e. The molecule has 1 N–H and O–H groups in total. The number of aromatic nitrogens is 1. The molecule has 2 aromatic rings. The number of carbonyl (C=O) groups is 1. The standard InChI is InChI=1S/C20H28N2O6S/c1-5-26-19(27-6-2)11-21-18(23)13-29(24)12-17-14(3)28-20(22-17)15-7-9-16(25-4)10-8-15/h7-10,19H,5-6,11-13H2,1-4H3,(H,21,23). The number of nitrogens with one attached hydrogen (secondary N) is 1. The fourth-order valence-electron chi connectivity index (χ4n) is 2.55. The van der Waals surface area contributed by atoms with Gasteiger partial charge in [-0.05, 0) is 45.0 Å². The number of benzene rings is 1. The van der Waals surface area contributed by atoms with Crippen LogP contribution in [0.1, 0.15) is 25.3 Å². The maximum absolute atomic E-state index is 12.4. The summed E-state index contributed by atoms with van der Waals surface area (Å²) in [6, 6.07) is 7.31. The number of carbonyl (C=O) groups excluding carboxylic acids is 1. The highest BCUT2D eigenvalue weighted by atomic mass is 32.2. The predicted octanol–water partition coefficient (Wildman–Crippen LogP) is 2.42. The number of methoxy groups -OCH3 is 1. The summed E-state index contributed by atoms with van der Waals surface area (Å²) in [7, 11) is 0.181. The monoisotopic (exact) mass is 424 g/mol. The molecule has 9 heteroatoms. The number of amides is 1. The van der Waals surface area contributed by atoms with E-state index in [1.54, 1.807) is 14.0 Å². The fraction of sp³-hybridized carbons (Fsp3) is 0.500. The van der Waals surface area contributed by atoms with Gasteiger partial charge in [-0.3, -0.25) is 9.00 Å². The molecule has 1 aromatic carbocycles. The lowest BCUT2D eigenvalue weighted by molar-refractivity contribution is -0.139. The van der Waals surface area contributed by atoms with E-state index in [-0.39, 0.29) is 24.0 Å². The van der Waals surface area contributed by atoms with E-state index in [1.165, 1.54) is 0 Å². The highest BCUT2D eigenvalue weighted by molar-refractivity contribution is 7.84. The third-order valence-corrected chi connectivity index (χ3v) is 5.17. The number of rotatable bonds is 12. The Hall–Kier alpha value is -2.23. The van der Waals surface area contributed by atoms with Crippen LogP contribution in [-0.2, 0) is 30.8 Å². The minimum Gasteiger partial charge on any atom is -0.497 e. The third-order valence-electron chi connectivity index (χ3n) is 3.99. The SMILES string of the molecule is CCOC(CNC(=O)CS(=O)Cc1nc(-c2ccc(OC)cc2)oc1C)OCC. The molecule has 0 saturated carbocycles. The van der Waals surface area contributed by atoms with Gasteiger partial charge in [0.2, 0.25) is 11.8 Å². The van der Waals surface area contributed by atoms with Crippen LogP contribution in [0.15, 0.2) is 28.7 Å². The molecule has 1 unspecified atom stereocenters. The zero-order valence-electron chi connectivity index (χ0n) is 17.2. The number of oxazole rings is 1. The molecule has 0 saturated heterocycles. The topological polar surface area (TPSA) is 99.9 Å². The normalized spacial score (nSPS) is 12.2. The molecule has 1 amide bonds. The first-order chi connectivity index (χ1) is 14.0. The van der Waals surface area contributed by atoms with Gasteiger partial charge in [-0.15, -0.1) is 0 Å². The fourth-order valence-corrected chi connectivity index (χ4v) is 3.62. The van der Waals surface area contributed by atoms with Crippen molar-refractivity contribution < 1.29 is 27.6 Å². The molecule has 0 aliphatic carbocycles. The molecule has 160 valence electrons. The van der Waals surface area contributed by atoms with Crippen molar-refractivity contribution in [2.45, 2.75) is 32.8 Å². The van der Waals surface area contributed by atoms with E-state index in [0.29, 0.717) is 30.6 Å². The molecule has 0 radical (unpaired) electrons. The van der Waals surface area contributed by atoms with Crippen molar-refractivity contribution in [3.63, 3.8) is 0 Å². The van der Waals surface area contributed by atoms with Gasteiger partial charge in [-0.25, -0.2) is 4.98 Å². The van der Waals surface area contributed by atoms with Crippen molar-refractivity contribution in [3.8, 4) is 17.2 Å². The van der Waals surface area contributed by atoms with Crippen molar-refractivity contribution in [3.05, 3.63) is 35.7 Å². The van der Waals surface area contributed by atoms with E-state index in [4.69, 9.17) is 18.6 Å². The average molecular weight is 425 g/mol. The maximum atomic E-state index is 12.4. The van der Waals surface area contributed by atoms with Gasteiger partial charge in [0.15, 0.2) is 6.29 Å². The summed E-state index contributed by atoms with van der Waals surface area (Å²) < 4.78 is 34.0. The predicted molar refractivity (Wildman–Crippen MR) is 110 cm³/mol. The Balaban J connectivity index is 1.89. The summed E-state index contributed by atoms with van der Waals surface area (Å²) in [6.45, 7) is 6.64. The van der Waals surface area contributed by atoms with Gasteiger partial charge in [-0.2, -0.15) is 0 Å². The number of aryl methyl sites for hydroxylation is 1. The first-order valence-corrected chi connectivity index (χ1v) is 10.9. The molecule has 1 atom stereocenters.